The van der Waals surface area contributed by atoms with Crippen molar-refractivity contribution in [3.8, 4) is 11.3 Å². The number of thiocarbonyl (C=S) groups is 1. The van der Waals surface area contributed by atoms with E-state index in [9.17, 15) is 4.79 Å². The average molecular weight is 446 g/mol. The molecule has 0 spiro atoms. The number of amides is 1. The van der Waals surface area contributed by atoms with E-state index in [0.29, 0.717) is 43.6 Å². The van der Waals surface area contributed by atoms with E-state index < -0.39 is 0 Å². The van der Waals surface area contributed by atoms with E-state index in [1.165, 1.54) is 0 Å². The highest BCUT2D eigenvalue weighted by Crippen LogP contribution is 2.38. The molecule has 1 saturated heterocycles. The van der Waals surface area contributed by atoms with Gasteiger partial charge in [0.25, 0.3) is 5.24 Å². The molecule has 1 amide bonds. The summed E-state index contributed by atoms with van der Waals surface area (Å²) < 4.78 is 5.88. The number of hydrogen-bond acceptors (Lipinski definition) is 4. The van der Waals surface area contributed by atoms with E-state index in [2.05, 4.69) is 0 Å². The fraction of sp³-hybridized carbons (Fsp3) is 0.0476. The van der Waals surface area contributed by atoms with Crippen LogP contribution < -0.4 is 0 Å². The molecule has 0 saturated carbocycles. The molecule has 0 atom stereocenters. The molecule has 140 valence electrons. The Hall–Kier alpha value is -2.05. The number of furan rings is 1. The zero-order chi connectivity index (χ0) is 19.7. The van der Waals surface area contributed by atoms with Gasteiger partial charge in [0.05, 0.1) is 27.1 Å². The van der Waals surface area contributed by atoms with Crippen LogP contribution in [0.15, 0.2) is 70.0 Å². The molecular weight excluding hydrogens is 433 g/mol. The summed E-state index contributed by atoms with van der Waals surface area (Å²) in [5.74, 6) is 1.13. The molecule has 4 rings (SSSR count). The van der Waals surface area contributed by atoms with Gasteiger partial charge in [-0.2, -0.15) is 0 Å². The van der Waals surface area contributed by atoms with Gasteiger partial charge >= 0.3 is 0 Å². The van der Waals surface area contributed by atoms with E-state index >= 15 is 0 Å². The van der Waals surface area contributed by atoms with Crippen LogP contribution in [-0.2, 0) is 6.54 Å². The van der Waals surface area contributed by atoms with Crippen LogP contribution in [0.25, 0.3) is 17.4 Å². The Kier molecular flexibility index (Phi) is 5.60. The summed E-state index contributed by atoms with van der Waals surface area (Å²) in [4.78, 5) is 15.2. The fourth-order valence-corrected chi connectivity index (χ4v) is 4.63. The third-order valence-electron chi connectivity index (χ3n) is 4.17. The average Bonchev–Trinajstić information content (AvgIpc) is 3.23. The van der Waals surface area contributed by atoms with Crippen molar-refractivity contribution >= 4 is 63.5 Å². The van der Waals surface area contributed by atoms with Gasteiger partial charge in [-0.15, -0.1) is 0 Å². The van der Waals surface area contributed by atoms with Crippen LogP contribution in [-0.4, -0.2) is 15.1 Å². The fourth-order valence-electron chi connectivity index (χ4n) is 2.83. The Morgan fingerprint density at radius 3 is 2.43 bits per heavy atom. The second kappa shape index (κ2) is 8.13. The molecule has 3 aromatic rings. The van der Waals surface area contributed by atoms with Gasteiger partial charge in [-0.25, -0.2) is 0 Å². The smallest absolute Gasteiger partial charge is 0.291 e. The SMILES string of the molecule is O=C1SC(=Cc2ccc(-c3c(Cl)cccc3Cl)o2)C(=S)N1Cc1ccccc1. The van der Waals surface area contributed by atoms with Crippen LogP contribution in [0, 0.1) is 0 Å². The van der Waals surface area contributed by atoms with Gasteiger partial charge in [-0.05, 0) is 47.7 Å². The lowest BCUT2D eigenvalue weighted by atomic mass is 10.2. The number of hydrogen-bond donors (Lipinski definition) is 0. The summed E-state index contributed by atoms with van der Waals surface area (Å²) in [7, 11) is 0. The van der Waals surface area contributed by atoms with E-state index in [4.69, 9.17) is 39.8 Å². The molecule has 3 nitrogen and oxygen atoms in total. The van der Waals surface area contributed by atoms with E-state index in [0.717, 1.165) is 17.3 Å². The highest BCUT2D eigenvalue weighted by atomic mass is 35.5. The highest BCUT2D eigenvalue weighted by Gasteiger charge is 2.32. The summed E-state index contributed by atoms with van der Waals surface area (Å²) in [5, 5.41) is 0.924. The maximum Gasteiger partial charge on any atom is 0.291 e. The lowest BCUT2D eigenvalue weighted by Crippen LogP contribution is -2.26. The van der Waals surface area contributed by atoms with Crippen LogP contribution in [0.1, 0.15) is 11.3 Å². The molecule has 1 aliphatic rings. The molecule has 28 heavy (non-hydrogen) atoms. The molecule has 0 unspecified atom stereocenters. The minimum atomic E-state index is -0.0963. The second-order valence-corrected chi connectivity index (χ2v) is 8.25. The topological polar surface area (TPSA) is 33.5 Å². The predicted molar refractivity (Wildman–Crippen MR) is 120 cm³/mol. The molecule has 1 fully saturated rings. The third kappa shape index (κ3) is 3.89. The van der Waals surface area contributed by atoms with Crippen molar-refractivity contribution < 1.29 is 9.21 Å². The first kappa shape index (κ1) is 19.3. The highest BCUT2D eigenvalue weighted by molar-refractivity contribution is 8.19. The van der Waals surface area contributed by atoms with Crippen molar-refractivity contribution in [3.63, 3.8) is 0 Å². The second-order valence-electron chi connectivity index (χ2n) is 6.05. The minimum Gasteiger partial charge on any atom is -0.457 e. The standard InChI is InChI=1S/C21H13Cl2NO2S2/c22-15-7-4-8-16(23)19(15)17-10-9-14(26-17)11-18-20(27)24(21(25)28-18)12-13-5-2-1-3-6-13/h1-11H,12H2. The van der Waals surface area contributed by atoms with Gasteiger partial charge in [-0.3, -0.25) is 9.69 Å². The van der Waals surface area contributed by atoms with Crippen LogP contribution in [0.5, 0.6) is 0 Å². The molecule has 2 heterocycles. The quantitative estimate of drug-likeness (QED) is 0.311. The van der Waals surface area contributed by atoms with Crippen molar-refractivity contribution in [1.82, 2.24) is 4.90 Å². The van der Waals surface area contributed by atoms with Gasteiger partial charge in [0, 0.05) is 0 Å². The van der Waals surface area contributed by atoms with Crippen molar-refractivity contribution in [2.24, 2.45) is 0 Å². The first-order valence-electron chi connectivity index (χ1n) is 8.36. The van der Waals surface area contributed by atoms with E-state index in [1.54, 1.807) is 41.3 Å². The molecule has 1 aromatic heterocycles. The number of nitrogens with zero attached hydrogens (tertiary/aromatic N) is 1. The van der Waals surface area contributed by atoms with Crippen molar-refractivity contribution in [1.29, 1.82) is 0 Å². The van der Waals surface area contributed by atoms with Crippen LogP contribution >= 0.6 is 47.2 Å². The normalized spacial score (nSPS) is 15.6. The molecule has 0 N–H and O–H groups in total. The van der Waals surface area contributed by atoms with E-state index in [-0.39, 0.29) is 5.24 Å². The summed E-state index contributed by atoms with van der Waals surface area (Å²) in [5.41, 5.74) is 1.66. The molecule has 0 radical (unpaired) electrons. The number of rotatable bonds is 4. The lowest BCUT2D eigenvalue weighted by Gasteiger charge is -2.14. The van der Waals surface area contributed by atoms with E-state index in [1.807, 2.05) is 30.3 Å². The zero-order valence-electron chi connectivity index (χ0n) is 14.4. The van der Waals surface area contributed by atoms with Gasteiger partial charge < -0.3 is 4.42 Å². The summed E-state index contributed by atoms with van der Waals surface area (Å²) >= 11 is 19.1. The maximum atomic E-state index is 12.4. The largest absolute Gasteiger partial charge is 0.457 e. The first-order chi connectivity index (χ1) is 13.5. The van der Waals surface area contributed by atoms with Crippen LogP contribution in [0.3, 0.4) is 0 Å². The molecule has 7 heteroatoms. The number of carbonyl (C=O) groups is 1. The van der Waals surface area contributed by atoms with Gasteiger partial charge in [0.1, 0.15) is 16.5 Å². The number of carbonyl (C=O) groups excluding carboxylic acids is 1. The lowest BCUT2D eigenvalue weighted by molar-refractivity contribution is 0.244. The van der Waals surface area contributed by atoms with Gasteiger partial charge in [0.2, 0.25) is 0 Å². The van der Waals surface area contributed by atoms with Crippen molar-refractivity contribution in [2.45, 2.75) is 6.54 Å². The third-order valence-corrected chi connectivity index (χ3v) is 6.29. The van der Waals surface area contributed by atoms with Crippen LogP contribution in [0.4, 0.5) is 4.79 Å². The van der Waals surface area contributed by atoms with Gasteiger partial charge in [0.15, 0.2) is 0 Å². The van der Waals surface area contributed by atoms with Crippen LogP contribution in [0.2, 0.25) is 10.0 Å². The summed E-state index contributed by atoms with van der Waals surface area (Å²) in [6.45, 7) is 0.446. The molecular formula is C21H13Cl2NO2S2. The first-order valence-corrected chi connectivity index (χ1v) is 10.3. The zero-order valence-corrected chi connectivity index (χ0v) is 17.5. The van der Waals surface area contributed by atoms with Crippen molar-refractivity contribution in [3.05, 3.63) is 86.9 Å². The number of halogens is 2. The molecule has 0 aliphatic carbocycles. The molecule has 0 bridgehead atoms. The summed E-state index contributed by atoms with van der Waals surface area (Å²) in [6.07, 6.45) is 1.77. The Balaban J connectivity index is 1.58. The van der Waals surface area contributed by atoms with Gasteiger partial charge in [-0.1, -0.05) is 71.8 Å². The minimum absolute atomic E-state index is 0.0963. The molecule has 2 aromatic carbocycles. The Labute approximate surface area is 181 Å². The Morgan fingerprint density at radius 2 is 1.71 bits per heavy atom. The Morgan fingerprint density at radius 1 is 1.00 bits per heavy atom. The van der Waals surface area contributed by atoms with Crippen molar-refractivity contribution in [2.75, 3.05) is 0 Å². The predicted octanol–water partition coefficient (Wildman–Crippen LogP) is 7.29. The summed E-state index contributed by atoms with van der Waals surface area (Å²) in [6, 6.07) is 18.6. The number of benzene rings is 2. The Bertz CT molecular complexity index is 1070. The molecule has 1 aliphatic heterocycles. The number of thioether (sulfide) groups is 1. The monoisotopic (exact) mass is 445 g/mol. The maximum absolute atomic E-state index is 12.4.